The summed E-state index contributed by atoms with van der Waals surface area (Å²) in [5.74, 6) is -0.460. The Labute approximate surface area is 159 Å². The van der Waals surface area contributed by atoms with Gasteiger partial charge in [-0.1, -0.05) is 12.1 Å². The monoisotopic (exact) mass is 374 g/mol. The molecule has 3 rings (SSSR count). The van der Waals surface area contributed by atoms with Crippen molar-refractivity contribution in [2.45, 2.75) is 38.8 Å². The van der Waals surface area contributed by atoms with Crippen LogP contribution in [0, 0.1) is 0 Å². The minimum Gasteiger partial charge on any atom is -0.305 e. The number of likely N-dealkylation sites (tertiary alicyclic amines) is 1. The summed E-state index contributed by atoms with van der Waals surface area (Å²) < 4.78 is 1.05. The van der Waals surface area contributed by atoms with Gasteiger partial charge in [0.15, 0.2) is 0 Å². The van der Waals surface area contributed by atoms with Gasteiger partial charge in [-0.15, -0.1) is 11.3 Å². The van der Waals surface area contributed by atoms with Crippen LogP contribution in [-0.2, 0) is 6.54 Å². The summed E-state index contributed by atoms with van der Waals surface area (Å²) in [6.07, 6.45) is 3.99. The third kappa shape index (κ3) is 4.32. The van der Waals surface area contributed by atoms with Crippen LogP contribution < -0.4 is 15.3 Å². The fraction of sp³-hybridized carbons (Fsp3) is 0.450. The molecule has 0 spiro atoms. The number of nitrogens with zero attached hydrogens (tertiary/aromatic N) is 1. The average molecular weight is 375 g/mol. The van der Waals surface area contributed by atoms with Crippen molar-refractivity contribution in [3.05, 3.63) is 51.7 Å². The van der Waals surface area contributed by atoms with Crippen LogP contribution in [0.25, 0.3) is 0 Å². The van der Waals surface area contributed by atoms with Gasteiger partial charge in [0.25, 0.3) is 5.91 Å². The van der Waals surface area contributed by atoms with Crippen LogP contribution in [0.2, 0.25) is 0 Å². The first-order valence-electron chi connectivity index (χ1n) is 9.23. The highest BCUT2D eigenvalue weighted by atomic mass is 32.1. The molecule has 1 aliphatic heterocycles. The first-order valence-corrected chi connectivity index (χ1v) is 10.0. The summed E-state index contributed by atoms with van der Waals surface area (Å²) in [5.41, 5.74) is 4.34. The van der Waals surface area contributed by atoms with Gasteiger partial charge in [0.2, 0.25) is 0 Å². The average Bonchev–Trinajstić information content (AvgIpc) is 3.17. The standard InChI is InChI=1S/C20H27N3O2S/c1-15(18-10-11-19(26-18)20(24)22-25)21-14-16-6-8-17(9-7-16)23(2)12-4-3-5-13-23/h6-11,15,21H,3-5,12-14H2,1-2H3,(H-,22,24,25)/p+1/t15-/m1/s1. The lowest BCUT2D eigenvalue weighted by Crippen LogP contribution is -2.48. The summed E-state index contributed by atoms with van der Waals surface area (Å²) in [6, 6.07) is 12.8. The number of piperidine rings is 1. The van der Waals surface area contributed by atoms with Crippen molar-refractivity contribution in [2.75, 3.05) is 20.1 Å². The van der Waals surface area contributed by atoms with Crippen molar-refractivity contribution in [2.24, 2.45) is 0 Å². The molecule has 1 saturated heterocycles. The van der Waals surface area contributed by atoms with Gasteiger partial charge in [-0.3, -0.25) is 14.5 Å². The number of carbonyl (C=O) groups excluding carboxylic acids is 1. The fourth-order valence-electron chi connectivity index (χ4n) is 3.58. The summed E-state index contributed by atoms with van der Waals surface area (Å²) >= 11 is 1.39. The molecule has 26 heavy (non-hydrogen) atoms. The van der Waals surface area contributed by atoms with Crippen molar-refractivity contribution >= 4 is 22.9 Å². The van der Waals surface area contributed by atoms with Gasteiger partial charge in [-0.25, -0.2) is 5.48 Å². The van der Waals surface area contributed by atoms with Crippen molar-refractivity contribution in [3.8, 4) is 0 Å². The lowest BCUT2D eigenvalue weighted by Gasteiger charge is -2.37. The fourth-order valence-corrected chi connectivity index (χ4v) is 4.50. The molecule has 1 fully saturated rings. The van der Waals surface area contributed by atoms with E-state index in [0.717, 1.165) is 15.9 Å². The zero-order chi connectivity index (χ0) is 18.6. The Balaban J connectivity index is 1.57. The Hall–Kier alpha value is -1.73. The molecule has 0 unspecified atom stereocenters. The third-order valence-corrected chi connectivity index (χ3v) is 6.62. The normalized spacial score (nSPS) is 17.7. The summed E-state index contributed by atoms with van der Waals surface area (Å²) in [5, 5.41) is 12.2. The molecule has 6 heteroatoms. The molecule has 2 heterocycles. The molecule has 2 aromatic rings. The van der Waals surface area contributed by atoms with E-state index in [9.17, 15) is 4.79 Å². The smallest absolute Gasteiger partial charge is 0.284 e. The van der Waals surface area contributed by atoms with Crippen molar-refractivity contribution in [3.63, 3.8) is 0 Å². The van der Waals surface area contributed by atoms with Crippen LogP contribution in [0.1, 0.15) is 52.3 Å². The Morgan fingerprint density at radius 2 is 1.85 bits per heavy atom. The zero-order valence-corrected chi connectivity index (χ0v) is 16.3. The van der Waals surface area contributed by atoms with E-state index < -0.39 is 5.91 Å². The number of quaternary nitrogens is 1. The molecule has 3 N–H and O–H groups in total. The Kier molecular flexibility index (Phi) is 6.09. The number of thiophene rings is 1. The predicted octanol–water partition coefficient (Wildman–Crippen LogP) is 3.84. The van der Waals surface area contributed by atoms with Gasteiger partial charge in [0.05, 0.1) is 25.0 Å². The molecular weight excluding hydrogens is 346 g/mol. The maximum atomic E-state index is 11.4. The maximum Gasteiger partial charge on any atom is 0.284 e. The first-order chi connectivity index (χ1) is 12.5. The predicted molar refractivity (Wildman–Crippen MR) is 107 cm³/mol. The number of hydrogen-bond acceptors (Lipinski definition) is 4. The highest BCUT2D eigenvalue weighted by Gasteiger charge is 2.27. The first kappa shape index (κ1) is 19.0. The van der Waals surface area contributed by atoms with Crippen LogP contribution >= 0.6 is 11.3 Å². The summed E-state index contributed by atoms with van der Waals surface area (Å²) in [4.78, 5) is 13.0. The van der Waals surface area contributed by atoms with Gasteiger partial charge in [0.1, 0.15) is 5.69 Å². The minimum atomic E-state index is -0.460. The number of nitrogens with one attached hydrogen (secondary N) is 2. The number of carbonyl (C=O) groups is 1. The van der Waals surface area contributed by atoms with Crippen LogP contribution in [0.3, 0.4) is 0 Å². The van der Waals surface area contributed by atoms with Crippen molar-refractivity contribution < 1.29 is 10.0 Å². The largest absolute Gasteiger partial charge is 0.305 e. The van der Waals surface area contributed by atoms with Gasteiger partial charge >= 0.3 is 0 Å². The highest BCUT2D eigenvalue weighted by Crippen LogP contribution is 2.27. The Bertz CT molecular complexity index is 736. The topological polar surface area (TPSA) is 61.4 Å². The van der Waals surface area contributed by atoms with Gasteiger partial charge < -0.3 is 5.32 Å². The molecule has 140 valence electrons. The highest BCUT2D eigenvalue weighted by molar-refractivity contribution is 7.14. The Morgan fingerprint density at radius 3 is 2.50 bits per heavy atom. The molecule has 0 saturated carbocycles. The maximum absolute atomic E-state index is 11.4. The quantitative estimate of drug-likeness (QED) is 0.409. The minimum absolute atomic E-state index is 0.145. The molecule has 1 amide bonds. The number of amides is 1. The van der Waals surface area contributed by atoms with E-state index in [4.69, 9.17) is 5.21 Å². The van der Waals surface area contributed by atoms with Crippen LogP contribution in [0.15, 0.2) is 36.4 Å². The second kappa shape index (κ2) is 8.31. The Morgan fingerprint density at radius 1 is 1.15 bits per heavy atom. The zero-order valence-electron chi connectivity index (χ0n) is 15.5. The van der Waals surface area contributed by atoms with E-state index in [0.29, 0.717) is 4.88 Å². The van der Waals surface area contributed by atoms with Crippen LogP contribution in [-0.4, -0.2) is 31.3 Å². The second-order valence-electron chi connectivity index (χ2n) is 7.32. The molecular formula is C20H28N3O2S+. The molecule has 0 radical (unpaired) electrons. The molecule has 0 bridgehead atoms. The molecule has 1 aliphatic rings. The molecule has 0 aliphatic carbocycles. The van der Waals surface area contributed by atoms with E-state index in [1.165, 1.54) is 54.9 Å². The summed E-state index contributed by atoms with van der Waals surface area (Å²) in [6.45, 7) is 5.33. The van der Waals surface area contributed by atoms with E-state index in [2.05, 4.69) is 43.6 Å². The molecule has 5 nitrogen and oxygen atoms in total. The van der Waals surface area contributed by atoms with Gasteiger partial charge in [-0.2, -0.15) is 0 Å². The molecule has 1 aromatic carbocycles. The van der Waals surface area contributed by atoms with Crippen molar-refractivity contribution in [1.29, 1.82) is 0 Å². The summed E-state index contributed by atoms with van der Waals surface area (Å²) in [7, 11) is 2.34. The number of benzene rings is 1. The number of rotatable bonds is 6. The number of hydroxylamine groups is 1. The van der Waals surface area contributed by atoms with Crippen molar-refractivity contribution in [1.82, 2.24) is 15.3 Å². The second-order valence-corrected chi connectivity index (χ2v) is 8.43. The lowest BCUT2D eigenvalue weighted by atomic mass is 10.1. The third-order valence-electron chi connectivity index (χ3n) is 5.35. The lowest BCUT2D eigenvalue weighted by molar-refractivity contribution is 0.0711. The van der Waals surface area contributed by atoms with Crippen LogP contribution in [0.4, 0.5) is 5.69 Å². The number of hydrogen-bond donors (Lipinski definition) is 3. The molecule has 1 atom stereocenters. The molecule has 1 aromatic heterocycles. The van der Waals surface area contributed by atoms with E-state index in [-0.39, 0.29) is 6.04 Å². The van der Waals surface area contributed by atoms with E-state index >= 15 is 0 Å². The van der Waals surface area contributed by atoms with E-state index in [1.54, 1.807) is 11.5 Å². The van der Waals surface area contributed by atoms with E-state index in [1.807, 2.05) is 6.07 Å². The van der Waals surface area contributed by atoms with Crippen LogP contribution in [0.5, 0.6) is 0 Å². The van der Waals surface area contributed by atoms with Gasteiger partial charge in [0, 0.05) is 17.5 Å². The van der Waals surface area contributed by atoms with Gasteiger partial charge in [-0.05, 0) is 56.0 Å². The SMILES string of the molecule is C[C@@H](NCc1ccc([N+]2(C)CCCCC2)cc1)c1ccc(C(=O)NO)s1.